The molecule has 3 unspecified atom stereocenters. The van der Waals surface area contributed by atoms with Crippen LogP contribution in [0, 0.1) is 0 Å². The molecule has 8 nitrogen and oxygen atoms in total. The molecule has 522 valence electrons. The Hall–Kier alpha value is -2.84. The zero-order valence-corrected chi connectivity index (χ0v) is 60.7. The second-order valence-corrected chi connectivity index (χ2v) is 28.4. The van der Waals surface area contributed by atoms with Gasteiger partial charge in [0, 0.05) is 6.42 Å². The molecule has 0 fully saturated rings. The van der Waals surface area contributed by atoms with Crippen molar-refractivity contribution in [1.29, 1.82) is 0 Å². The summed E-state index contributed by atoms with van der Waals surface area (Å²) in [4.78, 5) is 25.7. The summed E-state index contributed by atoms with van der Waals surface area (Å²) < 4.78 is 23.5. The predicted octanol–water partition coefficient (Wildman–Crippen LogP) is 24.4. The molecule has 2 N–H and O–H groups in total. The minimum absolute atomic E-state index is 0.00299. The Balaban J connectivity index is 4.02. The van der Waals surface area contributed by atoms with E-state index in [1.807, 2.05) is 27.2 Å². The summed E-state index contributed by atoms with van der Waals surface area (Å²) in [5.74, 6) is -0.195. The lowest BCUT2D eigenvalue weighted by molar-refractivity contribution is -0.870. The van der Waals surface area contributed by atoms with E-state index in [1.54, 1.807) is 6.08 Å². The number of phosphoric ester groups is 1. The van der Waals surface area contributed by atoms with Crippen LogP contribution in [0.3, 0.4) is 0 Å². The van der Waals surface area contributed by atoms with Gasteiger partial charge in [-0.05, 0) is 83.5 Å². The number of unbranched alkanes of at least 4 members (excludes halogenated alkanes) is 41. The van der Waals surface area contributed by atoms with Crippen LogP contribution >= 0.6 is 7.82 Å². The van der Waals surface area contributed by atoms with Gasteiger partial charge in [0.15, 0.2) is 0 Å². The van der Waals surface area contributed by atoms with Gasteiger partial charge in [0.1, 0.15) is 13.2 Å². The number of quaternary nitrogens is 1. The van der Waals surface area contributed by atoms with E-state index >= 15 is 0 Å². The van der Waals surface area contributed by atoms with Crippen LogP contribution in [0.15, 0.2) is 109 Å². The molecule has 0 aliphatic heterocycles. The third kappa shape index (κ3) is 72.6. The van der Waals surface area contributed by atoms with Crippen LogP contribution in [-0.2, 0) is 18.4 Å². The number of amides is 1. The molecule has 1 amide bonds. The summed E-state index contributed by atoms with van der Waals surface area (Å²) in [6, 6.07) is -0.893. The maximum Gasteiger partial charge on any atom is 0.268 e. The van der Waals surface area contributed by atoms with Gasteiger partial charge >= 0.3 is 0 Å². The third-order valence-corrected chi connectivity index (χ3v) is 18.0. The number of phosphoric acid groups is 1. The van der Waals surface area contributed by atoms with Crippen LogP contribution in [-0.4, -0.2) is 68.5 Å². The quantitative estimate of drug-likeness (QED) is 0.0272. The lowest BCUT2D eigenvalue weighted by atomic mass is 10.0. The van der Waals surface area contributed by atoms with E-state index in [0.717, 1.165) is 89.9 Å². The number of aliphatic hydroxyl groups is 1. The molecule has 0 aliphatic rings. The van der Waals surface area contributed by atoms with Crippen molar-refractivity contribution < 1.29 is 32.9 Å². The monoisotopic (exact) mass is 1280 g/mol. The number of rotatable bonds is 70. The Kier molecular flexibility index (Phi) is 68.3. The van der Waals surface area contributed by atoms with Crippen molar-refractivity contribution in [3.05, 3.63) is 109 Å². The fourth-order valence-electron chi connectivity index (χ4n) is 11.1. The summed E-state index contributed by atoms with van der Waals surface area (Å²) in [7, 11) is 1.27. The molecule has 9 heteroatoms. The predicted molar refractivity (Wildman–Crippen MR) is 394 cm³/mol. The lowest BCUT2D eigenvalue weighted by Gasteiger charge is -2.29. The molecule has 0 aliphatic carbocycles. The summed E-state index contributed by atoms with van der Waals surface area (Å²) in [6.07, 6.45) is 104. The molecule has 0 heterocycles. The number of nitrogens with zero attached hydrogens (tertiary/aromatic N) is 1. The number of nitrogens with one attached hydrogen (secondary N) is 1. The first-order valence-electron chi connectivity index (χ1n) is 38.2. The Morgan fingerprint density at radius 1 is 0.400 bits per heavy atom. The highest BCUT2D eigenvalue weighted by Crippen LogP contribution is 2.38. The maximum atomic E-state index is 13.1. The zero-order chi connectivity index (χ0) is 65.5. The minimum atomic E-state index is -4.61. The van der Waals surface area contributed by atoms with Gasteiger partial charge in [-0.15, -0.1) is 0 Å². The Labute approximate surface area is 559 Å². The van der Waals surface area contributed by atoms with Crippen molar-refractivity contribution in [2.75, 3.05) is 40.9 Å². The second-order valence-electron chi connectivity index (χ2n) is 27.0. The van der Waals surface area contributed by atoms with Crippen LogP contribution in [0.25, 0.3) is 0 Å². The summed E-state index contributed by atoms with van der Waals surface area (Å²) in [6.45, 7) is 4.57. The second kappa shape index (κ2) is 70.5. The average Bonchev–Trinajstić information content (AvgIpc) is 3.09. The first-order chi connectivity index (χ1) is 44.0. The van der Waals surface area contributed by atoms with Crippen molar-refractivity contribution in [1.82, 2.24) is 5.32 Å². The van der Waals surface area contributed by atoms with Gasteiger partial charge in [-0.3, -0.25) is 9.36 Å². The molecule has 0 spiro atoms. The van der Waals surface area contributed by atoms with Crippen LogP contribution in [0.1, 0.15) is 348 Å². The largest absolute Gasteiger partial charge is 0.756 e. The molecule has 0 aromatic carbocycles. The topological polar surface area (TPSA) is 108 Å². The number of likely N-dealkylation sites (N-methyl/N-ethyl adjacent to an activating group) is 1. The van der Waals surface area contributed by atoms with E-state index in [9.17, 15) is 19.4 Å². The summed E-state index contributed by atoms with van der Waals surface area (Å²) in [5, 5.41) is 14.0. The molecule has 0 aromatic heterocycles. The average molecular weight is 1280 g/mol. The first-order valence-corrected chi connectivity index (χ1v) is 39.7. The summed E-state index contributed by atoms with van der Waals surface area (Å²) in [5.41, 5.74) is 0. The van der Waals surface area contributed by atoms with E-state index < -0.39 is 20.0 Å². The van der Waals surface area contributed by atoms with Crippen molar-refractivity contribution in [3.63, 3.8) is 0 Å². The van der Waals surface area contributed by atoms with Crippen molar-refractivity contribution in [3.8, 4) is 0 Å². The van der Waals surface area contributed by atoms with Gasteiger partial charge in [0.2, 0.25) is 5.91 Å². The van der Waals surface area contributed by atoms with Crippen LogP contribution in [0.2, 0.25) is 0 Å². The molecule has 90 heavy (non-hydrogen) atoms. The van der Waals surface area contributed by atoms with Crippen molar-refractivity contribution >= 4 is 13.7 Å². The van der Waals surface area contributed by atoms with Crippen LogP contribution in [0.4, 0.5) is 0 Å². The zero-order valence-electron chi connectivity index (χ0n) is 59.8. The van der Waals surface area contributed by atoms with E-state index in [-0.39, 0.29) is 19.1 Å². The maximum absolute atomic E-state index is 13.1. The van der Waals surface area contributed by atoms with Crippen molar-refractivity contribution in [2.24, 2.45) is 0 Å². The number of hydrogen-bond acceptors (Lipinski definition) is 6. The van der Waals surface area contributed by atoms with Crippen molar-refractivity contribution in [2.45, 2.75) is 360 Å². The molecule has 3 atom stereocenters. The Morgan fingerprint density at radius 3 is 0.989 bits per heavy atom. The number of carbonyl (C=O) groups excluding carboxylic acids is 1. The lowest BCUT2D eigenvalue weighted by Crippen LogP contribution is -2.45. The SMILES string of the molecule is CC/C=C\C/C=C\C/C=C\C/C=C\C/C=C\C/C=C\C/C=C\C/C=C\CCCCCCCCCCCCCCCCCCC(=O)NC(COP(=O)([O-])OCC[N+](C)(C)C)C(O)/C=C/CCCCCCCCCCCCCCCCCCCCCCCCCCC. The van der Waals surface area contributed by atoms with E-state index in [0.29, 0.717) is 17.4 Å². The number of hydrogen-bond donors (Lipinski definition) is 2. The molecular formula is C81H147N2O6P. The smallest absolute Gasteiger partial charge is 0.268 e. The number of allylic oxidation sites excluding steroid dienone is 17. The summed E-state index contributed by atoms with van der Waals surface area (Å²) >= 11 is 0. The van der Waals surface area contributed by atoms with Gasteiger partial charge in [-0.2, -0.15) is 0 Å². The van der Waals surface area contributed by atoms with Crippen LogP contribution < -0.4 is 10.2 Å². The van der Waals surface area contributed by atoms with E-state index in [2.05, 4.69) is 116 Å². The molecule has 0 radical (unpaired) electrons. The molecular weight excluding hydrogens is 1130 g/mol. The van der Waals surface area contributed by atoms with Gasteiger partial charge < -0.3 is 28.8 Å². The Morgan fingerprint density at radius 2 is 0.678 bits per heavy atom. The standard InChI is InChI=1S/C81H147N2O6P/c1-6-8-10-12-14-16-18-20-22-24-26-28-30-32-34-35-36-37-38-39-40-41-42-43-44-45-46-47-49-51-53-55-57-59-61-63-65-67-69-71-73-75-81(85)82-79(78-89-90(86,87)88-77-76-83(3,4)5)80(84)74-72-70-68-66-64-62-60-58-56-54-52-50-48-33-31-29-27-25-23-21-19-17-15-13-11-9-7-2/h8,10,14,16,20,22,26,28,32,34,36-37,39-40,42-43,72,74,79-80,84H,6-7,9,11-13,15,17-19,21,23-25,27,29-31,33,35,38,41,44-71,73,75-78H2,1-5H3,(H-,82,85,86,87)/b10-8-,16-14-,22-20-,28-26-,34-32-,37-36-,40-39-,43-42-,74-72+. The van der Waals surface area contributed by atoms with E-state index in [1.165, 1.54) is 238 Å². The Bertz CT molecular complexity index is 1840. The highest BCUT2D eigenvalue weighted by atomic mass is 31.2. The highest BCUT2D eigenvalue weighted by molar-refractivity contribution is 7.45. The third-order valence-electron chi connectivity index (χ3n) is 17.0. The molecule has 0 saturated carbocycles. The first kappa shape index (κ1) is 87.2. The number of carbonyl (C=O) groups is 1. The minimum Gasteiger partial charge on any atom is -0.756 e. The number of aliphatic hydroxyl groups excluding tert-OH is 1. The van der Waals surface area contributed by atoms with E-state index in [4.69, 9.17) is 9.05 Å². The molecule has 0 rings (SSSR count). The normalized spacial score (nSPS) is 14.2. The fraction of sp³-hybridized carbons (Fsp3) is 0.765. The highest BCUT2D eigenvalue weighted by Gasteiger charge is 2.23. The molecule has 0 saturated heterocycles. The fourth-order valence-corrected chi connectivity index (χ4v) is 11.8. The van der Waals surface area contributed by atoms with Gasteiger partial charge in [0.05, 0.1) is 39.9 Å². The van der Waals surface area contributed by atoms with Gasteiger partial charge in [-0.1, -0.05) is 367 Å². The van der Waals surface area contributed by atoms with Gasteiger partial charge in [-0.25, -0.2) is 0 Å². The molecule has 0 bridgehead atoms. The van der Waals surface area contributed by atoms with Crippen LogP contribution in [0.5, 0.6) is 0 Å². The molecule has 0 aromatic rings. The van der Waals surface area contributed by atoms with Gasteiger partial charge in [0.25, 0.3) is 7.82 Å².